The molecular formula is C24H31ClN2O4. The highest BCUT2D eigenvalue weighted by Crippen LogP contribution is 2.36. The number of nitrogens with zero attached hydrogens (tertiary/aromatic N) is 1. The molecule has 1 aliphatic rings. The molecule has 7 heteroatoms. The van der Waals surface area contributed by atoms with E-state index in [0.717, 1.165) is 26.1 Å². The Bertz CT molecular complexity index is 847. The fraction of sp³-hybridized carbons (Fsp3) is 0.458. The van der Waals surface area contributed by atoms with E-state index in [1.54, 1.807) is 12.1 Å². The van der Waals surface area contributed by atoms with Gasteiger partial charge in [-0.15, -0.1) is 0 Å². The van der Waals surface area contributed by atoms with Gasteiger partial charge in [-0.1, -0.05) is 48.9 Å². The van der Waals surface area contributed by atoms with E-state index in [-0.39, 0.29) is 12.0 Å². The summed E-state index contributed by atoms with van der Waals surface area (Å²) in [5, 5.41) is 3.33. The molecule has 0 saturated carbocycles. The van der Waals surface area contributed by atoms with Crippen LogP contribution in [0.2, 0.25) is 5.02 Å². The summed E-state index contributed by atoms with van der Waals surface area (Å²) in [4.78, 5) is 15.1. The molecule has 31 heavy (non-hydrogen) atoms. The van der Waals surface area contributed by atoms with Crippen molar-refractivity contribution >= 4 is 17.5 Å². The van der Waals surface area contributed by atoms with Gasteiger partial charge in [-0.3, -0.25) is 9.69 Å². The van der Waals surface area contributed by atoms with Crippen LogP contribution in [0.5, 0.6) is 11.5 Å². The molecule has 0 unspecified atom stereocenters. The fourth-order valence-corrected chi connectivity index (χ4v) is 3.77. The Labute approximate surface area is 189 Å². The monoisotopic (exact) mass is 446 g/mol. The molecule has 0 aliphatic carbocycles. The minimum atomic E-state index is -0.214. The van der Waals surface area contributed by atoms with Crippen molar-refractivity contribution < 1.29 is 19.0 Å². The Morgan fingerprint density at radius 2 is 2.03 bits per heavy atom. The zero-order chi connectivity index (χ0) is 22.1. The maximum absolute atomic E-state index is 12.8. The largest absolute Gasteiger partial charge is 0.490 e. The summed E-state index contributed by atoms with van der Waals surface area (Å²) >= 11 is 6.38. The molecule has 1 amide bonds. The predicted molar refractivity (Wildman–Crippen MR) is 122 cm³/mol. The number of hydrogen-bond acceptors (Lipinski definition) is 5. The van der Waals surface area contributed by atoms with Gasteiger partial charge >= 0.3 is 0 Å². The van der Waals surface area contributed by atoms with Crippen LogP contribution in [0.15, 0.2) is 42.5 Å². The van der Waals surface area contributed by atoms with Crippen LogP contribution in [0.1, 0.15) is 36.2 Å². The van der Waals surface area contributed by atoms with Crippen LogP contribution in [0.25, 0.3) is 0 Å². The van der Waals surface area contributed by atoms with Crippen LogP contribution in [0.4, 0.5) is 0 Å². The molecule has 2 aromatic carbocycles. The molecule has 1 saturated heterocycles. The van der Waals surface area contributed by atoms with E-state index in [9.17, 15) is 4.79 Å². The third kappa shape index (κ3) is 6.86. The Balaban J connectivity index is 1.58. The third-order valence-electron chi connectivity index (χ3n) is 4.98. The summed E-state index contributed by atoms with van der Waals surface area (Å²) in [6.07, 6.45) is 0.794. The fourth-order valence-electron chi connectivity index (χ4n) is 3.50. The van der Waals surface area contributed by atoms with E-state index in [2.05, 4.69) is 22.3 Å². The van der Waals surface area contributed by atoms with E-state index in [1.165, 1.54) is 5.56 Å². The minimum Gasteiger partial charge on any atom is -0.490 e. The van der Waals surface area contributed by atoms with E-state index in [1.807, 2.05) is 32.0 Å². The van der Waals surface area contributed by atoms with Crippen LogP contribution >= 0.6 is 11.6 Å². The quantitative estimate of drug-likeness (QED) is 0.593. The summed E-state index contributed by atoms with van der Waals surface area (Å²) in [7, 11) is 0. The summed E-state index contributed by atoms with van der Waals surface area (Å²) in [6, 6.07) is 13.7. The number of rotatable bonds is 10. The van der Waals surface area contributed by atoms with Gasteiger partial charge in [0.25, 0.3) is 5.91 Å². The van der Waals surface area contributed by atoms with Crippen molar-refractivity contribution in [3.8, 4) is 11.5 Å². The molecule has 1 fully saturated rings. The molecule has 0 radical (unpaired) electrons. The Hall–Kier alpha value is -2.28. The Morgan fingerprint density at radius 3 is 2.77 bits per heavy atom. The van der Waals surface area contributed by atoms with Crippen molar-refractivity contribution in [1.29, 1.82) is 0 Å². The molecule has 0 aromatic heterocycles. The van der Waals surface area contributed by atoms with Gasteiger partial charge in [0.05, 0.1) is 30.9 Å². The normalized spacial score (nSPS) is 16.7. The molecule has 168 valence electrons. The lowest BCUT2D eigenvalue weighted by molar-refractivity contribution is -0.0292. The highest BCUT2D eigenvalue weighted by Gasteiger charge is 2.22. The van der Waals surface area contributed by atoms with Crippen molar-refractivity contribution in [1.82, 2.24) is 10.2 Å². The average Bonchev–Trinajstić information content (AvgIpc) is 2.78. The van der Waals surface area contributed by atoms with E-state index in [0.29, 0.717) is 48.5 Å². The second-order valence-corrected chi connectivity index (χ2v) is 7.90. The molecule has 1 N–H and O–H groups in total. The Morgan fingerprint density at radius 1 is 1.23 bits per heavy atom. The molecule has 1 atom stereocenters. The van der Waals surface area contributed by atoms with Crippen LogP contribution in [0, 0.1) is 0 Å². The maximum atomic E-state index is 12.8. The lowest BCUT2D eigenvalue weighted by Gasteiger charge is -2.33. The van der Waals surface area contributed by atoms with Crippen molar-refractivity contribution in [2.24, 2.45) is 0 Å². The summed E-state index contributed by atoms with van der Waals surface area (Å²) in [6.45, 7) is 8.49. The first-order chi connectivity index (χ1) is 15.1. The van der Waals surface area contributed by atoms with E-state index < -0.39 is 0 Å². The van der Waals surface area contributed by atoms with Crippen LogP contribution in [-0.2, 0) is 11.3 Å². The van der Waals surface area contributed by atoms with Gasteiger partial charge < -0.3 is 19.5 Å². The molecule has 0 bridgehead atoms. The first kappa shape index (κ1) is 23.4. The number of benzene rings is 2. The Kier molecular flexibility index (Phi) is 9.00. The molecule has 0 spiro atoms. The number of halogens is 1. The van der Waals surface area contributed by atoms with Gasteiger partial charge in [-0.2, -0.15) is 0 Å². The number of carbonyl (C=O) groups excluding carboxylic acids is 1. The first-order valence-electron chi connectivity index (χ1n) is 10.9. The zero-order valence-corrected chi connectivity index (χ0v) is 19.0. The highest BCUT2D eigenvalue weighted by molar-refractivity contribution is 6.32. The summed E-state index contributed by atoms with van der Waals surface area (Å²) < 4.78 is 17.2. The second kappa shape index (κ2) is 11.9. The smallest absolute Gasteiger partial charge is 0.251 e. The highest BCUT2D eigenvalue weighted by atomic mass is 35.5. The van der Waals surface area contributed by atoms with Crippen LogP contribution < -0.4 is 14.8 Å². The van der Waals surface area contributed by atoms with Crippen molar-refractivity contribution in [2.75, 3.05) is 39.5 Å². The SMILES string of the molecule is CCCOc1c(Cl)cc(C(=O)NC[C@@H]2CN(Cc3ccccc3)CCO2)cc1OCC. The lowest BCUT2D eigenvalue weighted by atomic mass is 10.1. The number of nitrogens with one attached hydrogen (secondary N) is 1. The molecule has 6 nitrogen and oxygen atoms in total. The van der Waals surface area contributed by atoms with Crippen molar-refractivity contribution in [3.63, 3.8) is 0 Å². The van der Waals surface area contributed by atoms with Crippen LogP contribution in [-0.4, -0.2) is 56.4 Å². The molecule has 2 aromatic rings. The number of ether oxygens (including phenoxy) is 3. The van der Waals surface area contributed by atoms with Crippen LogP contribution in [0.3, 0.4) is 0 Å². The summed E-state index contributed by atoms with van der Waals surface area (Å²) in [5.74, 6) is 0.749. The molecule has 3 rings (SSSR count). The number of amides is 1. The first-order valence-corrected chi connectivity index (χ1v) is 11.2. The maximum Gasteiger partial charge on any atom is 0.251 e. The summed E-state index contributed by atoms with van der Waals surface area (Å²) in [5.41, 5.74) is 1.71. The van der Waals surface area contributed by atoms with Gasteiger partial charge in [0.2, 0.25) is 0 Å². The third-order valence-corrected chi connectivity index (χ3v) is 5.27. The van der Waals surface area contributed by atoms with Gasteiger partial charge in [0.1, 0.15) is 0 Å². The van der Waals surface area contributed by atoms with Gasteiger partial charge in [-0.25, -0.2) is 0 Å². The average molecular weight is 447 g/mol. The molecule has 1 aliphatic heterocycles. The number of morpholine rings is 1. The van der Waals surface area contributed by atoms with Gasteiger partial charge in [0.15, 0.2) is 11.5 Å². The van der Waals surface area contributed by atoms with Gasteiger partial charge in [-0.05, 0) is 31.0 Å². The lowest BCUT2D eigenvalue weighted by Crippen LogP contribution is -2.47. The number of carbonyl (C=O) groups is 1. The standard InChI is InChI=1S/C24H31ClN2O4/c1-3-11-31-23-21(25)13-19(14-22(23)29-4-2)24(28)26-15-20-17-27(10-12-30-20)16-18-8-6-5-7-9-18/h5-9,13-14,20H,3-4,10-12,15-17H2,1-2H3,(H,26,28)/t20-/m1/s1. The minimum absolute atomic E-state index is 0.0598. The van der Waals surface area contributed by atoms with Crippen molar-refractivity contribution in [2.45, 2.75) is 32.9 Å². The number of hydrogen-bond donors (Lipinski definition) is 1. The zero-order valence-electron chi connectivity index (χ0n) is 18.2. The topological polar surface area (TPSA) is 60.0 Å². The molecule has 1 heterocycles. The molecular weight excluding hydrogens is 416 g/mol. The second-order valence-electron chi connectivity index (χ2n) is 7.49. The van der Waals surface area contributed by atoms with E-state index >= 15 is 0 Å². The van der Waals surface area contributed by atoms with E-state index in [4.69, 9.17) is 25.8 Å². The van der Waals surface area contributed by atoms with Gasteiger partial charge in [0, 0.05) is 31.7 Å². The van der Waals surface area contributed by atoms with Crippen molar-refractivity contribution in [3.05, 3.63) is 58.6 Å². The predicted octanol–water partition coefficient (Wildman–Crippen LogP) is 4.16.